The molecule has 0 aliphatic heterocycles. The van der Waals surface area contributed by atoms with Crippen LogP contribution in [0.3, 0.4) is 0 Å². The van der Waals surface area contributed by atoms with Crippen LogP contribution in [0.25, 0.3) is 0 Å². The highest BCUT2D eigenvalue weighted by Crippen LogP contribution is 2.24. The summed E-state index contributed by atoms with van der Waals surface area (Å²) in [6.07, 6.45) is 0.461. The molecule has 2 N–H and O–H groups in total. The SMILES string of the molecule is CC(O)CCCNC(=O)C(C)Oc1ccccc1Cl. The third kappa shape index (κ3) is 5.94. The molecule has 0 aromatic heterocycles. The van der Waals surface area contributed by atoms with Gasteiger partial charge >= 0.3 is 0 Å². The monoisotopic (exact) mass is 285 g/mol. The van der Waals surface area contributed by atoms with Crippen LogP contribution in [0, 0.1) is 0 Å². The minimum Gasteiger partial charge on any atom is -0.479 e. The molecule has 2 unspecified atom stereocenters. The highest BCUT2D eigenvalue weighted by Gasteiger charge is 2.15. The molecule has 2 atom stereocenters. The van der Waals surface area contributed by atoms with Crippen LogP contribution in [0.5, 0.6) is 5.75 Å². The minimum absolute atomic E-state index is 0.189. The Kier molecular flexibility index (Phi) is 6.67. The van der Waals surface area contributed by atoms with Crippen molar-refractivity contribution in [2.24, 2.45) is 0 Å². The topological polar surface area (TPSA) is 58.6 Å². The first-order chi connectivity index (χ1) is 9.00. The van der Waals surface area contributed by atoms with Crippen LogP contribution in [0.15, 0.2) is 24.3 Å². The van der Waals surface area contributed by atoms with E-state index in [1.807, 2.05) is 0 Å². The van der Waals surface area contributed by atoms with E-state index >= 15 is 0 Å². The van der Waals surface area contributed by atoms with Crippen LogP contribution >= 0.6 is 11.6 Å². The fourth-order valence-electron chi connectivity index (χ4n) is 1.54. The molecule has 0 bridgehead atoms. The van der Waals surface area contributed by atoms with E-state index in [2.05, 4.69) is 5.32 Å². The fraction of sp³-hybridized carbons (Fsp3) is 0.500. The van der Waals surface area contributed by atoms with Crippen molar-refractivity contribution in [1.29, 1.82) is 0 Å². The number of aliphatic hydroxyl groups is 1. The van der Waals surface area contributed by atoms with Crippen LogP contribution in [0.1, 0.15) is 26.7 Å². The Balaban J connectivity index is 2.35. The van der Waals surface area contributed by atoms with Crippen molar-refractivity contribution in [3.63, 3.8) is 0 Å². The van der Waals surface area contributed by atoms with Gasteiger partial charge in [0.05, 0.1) is 11.1 Å². The van der Waals surface area contributed by atoms with E-state index in [1.54, 1.807) is 38.1 Å². The number of carbonyl (C=O) groups excluding carboxylic acids is 1. The third-order valence-electron chi connectivity index (χ3n) is 2.61. The fourth-order valence-corrected chi connectivity index (χ4v) is 1.72. The Bertz CT molecular complexity index is 409. The number of amides is 1. The molecule has 0 fully saturated rings. The van der Waals surface area contributed by atoms with Gasteiger partial charge in [-0.25, -0.2) is 0 Å². The zero-order chi connectivity index (χ0) is 14.3. The molecule has 0 radical (unpaired) electrons. The Morgan fingerprint density at radius 3 is 2.74 bits per heavy atom. The lowest BCUT2D eigenvalue weighted by molar-refractivity contribution is -0.127. The van der Waals surface area contributed by atoms with Crippen molar-refractivity contribution in [3.8, 4) is 5.75 Å². The van der Waals surface area contributed by atoms with Gasteiger partial charge in [0, 0.05) is 6.54 Å². The van der Waals surface area contributed by atoms with Gasteiger partial charge in [-0.1, -0.05) is 23.7 Å². The molecule has 5 heteroatoms. The van der Waals surface area contributed by atoms with Crippen molar-refractivity contribution in [3.05, 3.63) is 29.3 Å². The molecule has 1 amide bonds. The molecule has 4 nitrogen and oxygen atoms in total. The number of para-hydroxylation sites is 1. The number of halogens is 1. The van der Waals surface area contributed by atoms with E-state index in [-0.39, 0.29) is 12.0 Å². The molecule has 1 aromatic carbocycles. The molecule has 1 aromatic rings. The first-order valence-corrected chi connectivity index (χ1v) is 6.75. The number of aliphatic hydroxyl groups excluding tert-OH is 1. The van der Waals surface area contributed by atoms with Crippen molar-refractivity contribution in [2.75, 3.05) is 6.54 Å². The van der Waals surface area contributed by atoms with E-state index in [0.717, 1.165) is 6.42 Å². The number of hydrogen-bond acceptors (Lipinski definition) is 3. The second-order valence-electron chi connectivity index (χ2n) is 4.47. The second-order valence-corrected chi connectivity index (χ2v) is 4.88. The standard InChI is InChI=1S/C14H20ClNO3/c1-10(17)6-5-9-16-14(18)11(2)19-13-8-4-3-7-12(13)15/h3-4,7-8,10-11,17H,5-6,9H2,1-2H3,(H,16,18). The van der Waals surface area contributed by atoms with Gasteiger partial charge in [0.2, 0.25) is 0 Å². The van der Waals surface area contributed by atoms with Gasteiger partial charge in [-0.3, -0.25) is 4.79 Å². The molecule has 19 heavy (non-hydrogen) atoms. The molecule has 106 valence electrons. The first-order valence-electron chi connectivity index (χ1n) is 6.37. The maximum absolute atomic E-state index is 11.8. The third-order valence-corrected chi connectivity index (χ3v) is 2.92. The largest absolute Gasteiger partial charge is 0.479 e. The van der Waals surface area contributed by atoms with E-state index in [0.29, 0.717) is 23.7 Å². The molecular weight excluding hydrogens is 266 g/mol. The van der Waals surface area contributed by atoms with Crippen LogP contribution in [0.2, 0.25) is 5.02 Å². The highest BCUT2D eigenvalue weighted by atomic mass is 35.5. The van der Waals surface area contributed by atoms with E-state index in [1.165, 1.54) is 0 Å². The average molecular weight is 286 g/mol. The van der Waals surface area contributed by atoms with Gasteiger partial charge < -0.3 is 15.2 Å². The number of benzene rings is 1. The molecule has 0 saturated carbocycles. The van der Waals surface area contributed by atoms with Gasteiger partial charge in [0.15, 0.2) is 6.10 Å². The summed E-state index contributed by atoms with van der Waals surface area (Å²) in [4.78, 5) is 11.8. The molecule has 0 aliphatic carbocycles. The van der Waals surface area contributed by atoms with Crippen molar-refractivity contribution in [1.82, 2.24) is 5.32 Å². The summed E-state index contributed by atoms with van der Waals surface area (Å²) in [5.41, 5.74) is 0. The summed E-state index contributed by atoms with van der Waals surface area (Å²) in [5.74, 6) is 0.307. The first kappa shape index (κ1) is 15.8. The van der Waals surface area contributed by atoms with Gasteiger partial charge in [-0.15, -0.1) is 0 Å². The normalized spacial score (nSPS) is 13.7. The maximum atomic E-state index is 11.8. The summed E-state index contributed by atoms with van der Waals surface area (Å²) in [7, 11) is 0. The van der Waals surface area contributed by atoms with Gasteiger partial charge in [0.25, 0.3) is 5.91 Å². The highest BCUT2D eigenvalue weighted by molar-refractivity contribution is 6.32. The smallest absolute Gasteiger partial charge is 0.260 e. The van der Waals surface area contributed by atoms with Crippen LogP contribution in [0.4, 0.5) is 0 Å². The lowest BCUT2D eigenvalue weighted by atomic mass is 10.2. The van der Waals surface area contributed by atoms with Crippen LogP contribution in [-0.4, -0.2) is 29.8 Å². The molecule has 0 aliphatic rings. The van der Waals surface area contributed by atoms with Crippen LogP contribution < -0.4 is 10.1 Å². The van der Waals surface area contributed by atoms with E-state index in [9.17, 15) is 4.79 Å². The number of ether oxygens (including phenoxy) is 1. The molecule has 0 spiro atoms. The molecule has 0 heterocycles. The van der Waals surface area contributed by atoms with E-state index < -0.39 is 6.10 Å². The summed E-state index contributed by atoms with van der Waals surface area (Å²) >= 11 is 5.95. The van der Waals surface area contributed by atoms with Crippen molar-refractivity contribution < 1.29 is 14.6 Å². The predicted octanol–water partition coefficient (Wildman–Crippen LogP) is 2.38. The molecule has 0 saturated heterocycles. The summed E-state index contributed by atoms with van der Waals surface area (Å²) in [6, 6.07) is 7.04. The summed E-state index contributed by atoms with van der Waals surface area (Å²) < 4.78 is 5.49. The average Bonchev–Trinajstić information content (AvgIpc) is 2.36. The number of hydrogen-bond donors (Lipinski definition) is 2. The Morgan fingerprint density at radius 1 is 1.42 bits per heavy atom. The lowest BCUT2D eigenvalue weighted by Gasteiger charge is -2.15. The Labute approximate surface area is 118 Å². The van der Waals surface area contributed by atoms with Crippen molar-refractivity contribution in [2.45, 2.75) is 38.9 Å². The van der Waals surface area contributed by atoms with Gasteiger partial charge in [-0.2, -0.15) is 0 Å². The zero-order valence-corrected chi connectivity index (χ0v) is 12.0. The second kappa shape index (κ2) is 8.02. The van der Waals surface area contributed by atoms with Gasteiger partial charge in [0.1, 0.15) is 5.75 Å². The number of rotatable bonds is 7. The Hall–Kier alpha value is -1.26. The van der Waals surface area contributed by atoms with Crippen LogP contribution in [-0.2, 0) is 4.79 Å². The maximum Gasteiger partial charge on any atom is 0.260 e. The summed E-state index contributed by atoms with van der Waals surface area (Å²) in [5, 5.41) is 12.3. The number of nitrogens with one attached hydrogen (secondary N) is 1. The van der Waals surface area contributed by atoms with Gasteiger partial charge in [-0.05, 0) is 38.8 Å². The minimum atomic E-state index is -0.605. The predicted molar refractivity (Wildman–Crippen MR) is 75.5 cm³/mol. The molecular formula is C14H20ClNO3. The zero-order valence-electron chi connectivity index (χ0n) is 11.2. The van der Waals surface area contributed by atoms with Crippen molar-refractivity contribution >= 4 is 17.5 Å². The lowest BCUT2D eigenvalue weighted by Crippen LogP contribution is -2.37. The Morgan fingerprint density at radius 2 is 2.11 bits per heavy atom. The quantitative estimate of drug-likeness (QED) is 0.756. The number of carbonyl (C=O) groups is 1. The molecule has 1 rings (SSSR count). The van der Waals surface area contributed by atoms with E-state index in [4.69, 9.17) is 21.4 Å². The summed E-state index contributed by atoms with van der Waals surface area (Å²) in [6.45, 7) is 3.93.